The Morgan fingerprint density at radius 1 is 1.35 bits per heavy atom. The first-order chi connectivity index (χ1) is 8.06. The molecule has 0 amide bonds. The second kappa shape index (κ2) is 4.78. The highest BCUT2D eigenvalue weighted by atomic mass is 32.2. The van der Waals surface area contributed by atoms with Crippen molar-refractivity contribution in [2.45, 2.75) is 37.5 Å². The monoisotopic (exact) mass is 253 g/mol. The average Bonchev–Trinajstić information content (AvgIpc) is 2.29. The second-order valence-electron chi connectivity index (χ2n) is 4.67. The van der Waals surface area contributed by atoms with Crippen molar-refractivity contribution in [1.29, 1.82) is 0 Å². The summed E-state index contributed by atoms with van der Waals surface area (Å²) in [6, 6.07) is 7.53. The minimum Gasteiger partial charge on any atom is -0.323 e. The van der Waals surface area contributed by atoms with Gasteiger partial charge in [0.15, 0.2) is 9.84 Å². The molecule has 2 N–H and O–H groups in total. The van der Waals surface area contributed by atoms with Crippen molar-refractivity contribution >= 4 is 9.84 Å². The number of hydrogen-bond acceptors (Lipinski definition) is 3. The first kappa shape index (κ1) is 12.6. The van der Waals surface area contributed by atoms with E-state index in [0.29, 0.717) is 12.8 Å². The first-order valence-electron chi connectivity index (χ1n) is 6.11. The fraction of sp³-hybridized carbons (Fsp3) is 0.538. The van der Waals surface area contributed by atoms with Crippen molar-refractivity contribution in [1.82, 2.24) is 0 Å². The summed E-state index contributed by atoms with van der Waals surface area (Å²) in [6.45, 7) is 1.89. The number of fused-ring (bicyclic) bond motifs is 1. The fourth-order valence-corrected chi connectivity index (χ4v) is 4.55. The first-order valence-corrected chi connectivity index (χ1v) is 7.82. The van der Waals surface area contributed by atoms with Crippen LogP contribution in [0.1, 0.15) is 36.9 Å². The molecule has 0 saturated carbocycles. The molecule has 1 aromatic rings. The van der Waals surface area contributed by atoms with E-state index in [2.05, 4.69) is 0 Å². The van der Waals surface area contributed by atoms with Crippen molar-refractivity contribution in [3.05, 3.63) is 35.4 Å². The minimum atomic E-state index is -3.05. The summed E-state index contributed by atoms with van der Waals surface area (Å²) in [5.41, 5.74) is 8.33. The Kier molecular flexibility index (Phi) is 3.54. The van der Waals surface area contributed by atoms with E-state index in [-0.39, 0.29) is 11.8 Å². The lowest BCUT2D eigenvalue weighted by molar-refractivity contribution is 0.520. The van der Waals surface area contributed by atoms with Crippen LogP contribution in [0.25, 0.3) is 0 Å². The van der Waals surface area contributed by atoms with Gasteiger partial charge in [-0.15, -0.1) is 0 Å². The number of rotatable bonds is 3. The molecule has 0 radical (unpaired) electrons. The standard InChI is InChI=1S/C13H19NO2S/c1-2-9-17(15,16)12-8-7-10-5-3-4-6-11(10)13(12)14/h3-6,12-13H,2,7-9,14H2,1H3. The van der Waals surface area contributed by atoms with E-state index in [0.717, 1.165) is 12.0 Å². The number of nitrogens with two attached hydrogens (primary N) is 1. The van der Waals surface area contributed by atoms with Crippen LogP contribution in [0.4, 0.5) is 0 Å². The molecular formula is C13H19NO2S. The molecule has 1 aliphatic carbocycles. The van der Waals surface area contributed by atoms with Crippen LogP contribution in [0.5, 0.6) is 0 Å². The van der Waals surface area contributed by atoms with Gasteiger partial charge >= 0.3 is 0 Å². The summed E-state index contributed by atoms with van der Waals surface area (Å²) < 4.78 is 24.3. The second-order valence-corrected chi connectivity index (χ2v) is 7.01. The van der Waals surface area contributed by atoms with E-state index in [9.17, 15) is 8.42 Å². The van der Waals surface area contributed by atoms with Crippen molar-refractivity contribution in [3.8, 4) is 0 Å². The Bertz CT molecular complexity index is 496. The molecule has 2 unspecified atom stereocenters. The molecule has 17 heavy (non-hydrogen) atoms. The average molecular weight is 253 g/mol. The maximum absolute atomic E-state index is 12.1. The van der Waals surface area contributed by atoms with Gasteiger partial charge in [0.2, 0.25) is 0 Å². The molecule has 1 aliphatic rings. The molecular weight excluding hydrogens is 234 g/mol. The molecule has 4 heteroatoms. The molecule has 0 fully saturated rings. The van der Waals surface area contributed by atoms with Gasteiger partial charge in [-0.05, 0) is 30.4 Å². The van der Waals surface area contributed by atoms with Gasteiger partial charge in [-0.25, -0.2) is 8.42 Å². The van der Waals surface area contributed by atoms with Gasteiger partial charge in [0.25, 0.3) is 0 Å². The maximum atomic E-state index is 12.1. The van der Waals surface area contributed by atoms with Gasteiger partial charge in [0.1, 0.15) is 0 Å². The van der Waals surface area contributed by atoms with Crippen LogP contribution in [0.2, 0.25) is 0 Å². The van der Waals surface area contributed by atoms with Crippen LogP contribution in [0.15, 0.2) is 24.3 Å². The molecule has 0 saturated heterocycles. The van der Waals surface area contributed by atoms with Crippen molar-refractivity contribution in [2.24, 2.45) is 5.73 Å². The molecule has 0 spiro atoms. The number of benzene rings is 1. The van der Waals surface area contributed by atoms with Crippen LogP contribution in [0, 0.1) is 0 Å². The zero-order valence-corrected chi connectivity index (χ0v) is 10.9. The van der Waals surface area contributed by atoms with Gasteiger partial charge in [0.05, 0.1) is 11.0 Å². The lowest BCUT2D eigenvalue weighted by Crippen LogP contribution is -2.38. The lowest BCUT2D eigenvalue weighted by Gasteiger charge is -2.30. The molecule has 0 aliphatic heterocycles. The quantitative estimate of drug-likeness (QED) is 0.894. The third kappa shape index (κ3) is 2.38. The number of hydrogen-bond donors (Lipinski definition) is 1. The molecule has 0 heterocycles. The Morgan fingerprint density at radius 2 is 2.06 bits per heavy atom. The van der Waals surface area contributed by atoms with Crippen molar-refractivity contribution < 1.29 is 8.42 Å². The highest BCUT2D eigenvalue weighted by Gasteiger charge is 2.35. The summed E-state index contributed by atoms with van der Waals surface area (Å²) in [5, 5.41) is -0.405. The largest absolute Gasteiger partial charge is 0.323 e. The fourth-order valence-electron chi connectivity index (χ4n) is 2.60. The van der Waals surface area contributed by atoms with E-state index < -0.39 is 15.1 Å². The van der Waals surface area contributed by atoms with Crippen molar-refractivity contribution in [2.75, 3.05) is 5.75 Å². The predicted octanol–water partition coefficient (Wildman–Crippen LogP) is 1.83. The Morgan fingerprint density at radius 3 is 2.76 bits per heavy atom. The highest BCUT2D eigenvalue weighted by molar-refractivity contribution is 7.92. The number of sulfone groups is 1. The summed E-state index contributed by atoms with van der Waals surface area (Å²) in [6.07, 6.45) is 2.13. The summed E-state index contributed by atoms with van der Waals surface area (Å²) in [4.78, 5) is 0. The normalized spacial score (nSPS) is 24.4. The molecule has 2 atom stereocenters. The molecule has 0 aromatic heterocycles. The maximum Gasteiger partial charge on any atom is 0.155 e. The molecule has 94 valence electrons. The molecule has 3 nitrogen and oxygen atoms in total. The van der Waals surface area contributed by atoms with Gasteiger partial charge < -0.3 is 5.73 Å². The summed E-state index contributed by atoms with van der Waals surface area (Å²) in [5.74, 6) is 0.244. The summed E-state index contributed by atoms with van der Waals surface area (Å²) in [7, 11) is -3.05. The Hall–Kier alpha value is -0.870. The van der Waals surface area contributed by atoms with E-state index in [4.69, 9.17) is 5.73 Å². The number of aryl methyl sites for hydroxylation is 1. The third-order valence-corrected chi connectivity index (χ3v) is 5.89. The Balaban J connectivity index is 2.32. The Labute approximate surface area is 103 Å². The van der Waals surface area contributed by atoms with Gasteiger partial charge in [0, 0.05) is 6.04 Å². The lowest BCUT2D eigenvalue weighted by atomic mass is 9.88. The van der Waals surface area contributed by atoms with Gasteiger partial charge in [-0.1, -0.05) is 31.2 Å². The third-order valence-electron chi connectivity index (χ3n) is 3.46. The highest BCUT2D eigenvalue weighted by Crippen LogP contribution is 2.32. The van der Waals surface area contributed by atoms with Crippen molar-refractivity contribution in [3.63, 3.8) is 0 Å². The van der Waals surface area contributed by atoms with Crippen LogP contribution < -0.4 is 5.73 Å². The van der Waals surface area contributed by atoms with E-state index in [1.807, 2.05) is 31.2 Å². The topological polar surface area (TPSA) is 60.2 Å². The summed E-state index contributed by atoms with van der Waals surface area (Å²) >= 11 is 0. The van der Waals surface area contributed by atoms with Crippen LogP contribution >= 0.6 is 0 Å². The van der Waals surface area contributed by atoms with E-state index in [1.165, 1.54) is 5.56 Å². The smallest absolute Gasteiger partial charge is 0.155 e. The minimum absolute atomic E-state index is 0.244. The van der Waals surface area contributed by atoms with Gasteiger partial charge in [-0.3, -0.25) is 0 Å². The van der Waals surface area contributed by atoms with E-state index >= 15 is 0 Å². The molecule has 1 aromatic carbocycles. The zero-order valence-electron chi connectivity index (χ0n) is 10.1. The van der Waals surface area contributed by atoms with Crippen LogP contribution in [-0.4, -0.2) is 19.4 Å². The predicted molar refractivity (Wildman–Crippen MR) is 69.6 cm³/mol. The van der Waals surface area contributed by atoms with E-state index in [1.54, 1.807) is 0 Å². The van der Waals surface area contributed by atoms with Crippen LogP contribution in [-0.2, 0) is 16.3 Å². The molecule has 2 rings (SSSR count). The zero-order chi connectivity index (χ0) is 12.5. The van der Waals surface area contributed by atoms with Gasteiger partial charge in [-0.2, -0.15) is 0 Å². The SMILES string of the molecule is CCCS(=O)(=O)C1CCc2ccccc2C1N. The van der Waals surface area contributed by atoms with Crippen LogP contribution in [0.3, 0.4) is 0 Å². The molecule has 0 bridgehead atoms.